The third-order valence-corrected chi connectivity index (χ3v) is 3.78. The molecule has 2 heterocycles. The molecule has 106 valence electrons. The van der Waals surface area contributed by atoms with E-state index in [1.165, 1.54) is 11.8 Å². The fourth-order valence-corrected chi connectivity index (χ4v) is 2.56. The minimum atomic E-state index is 0.175. The number of nitrogen functional groups attached to an aromatic ring is 1. The standard InChI is InChI=1S/C13H11ClN6S/c14-10-4-2-9(3-5-10)8-21-13-18-11(15)17-12(19-13)20-7-1-6-16-20/h1-7H,8H2,(H2,15,17,18,19). The molecule has 1 aromatic carbocycles. The van der Waals surface area contributed by atoms with E-state index >= 15 is 0 Å². The van der Waals surface area contributed by atoms with Gasteiger partial charge in [0.25, 0.3) is 5.95 Å². The molecule has 0 spiro atoms. The molecule has 0 saturated heterocycles. The van der Waals surface area contributed by atoms with Crippen LogP contribution in [0.4, 0.5) is 5.95 Å². The molecule has 0 bridgehead atoms. The van der Waals surface area contributed by atoms with Crippen molar-refractivity contribution in [3.63, 3.8) is 0 Å². The van der Waals surface area contributed by atoms with Gasteiger partial charge < -0.3 is 5.73 Å². The van der Waals surface area contributed by atoms with Crippen LogP contribution in [0, 0.1) is 0 Å². The quantitative estimate of drug-likeness (QED) is 0.744. The Morgan fingerprint density at radius 2 is 1.95 bits per heavy atom. The van der Waals surface area contributed by atoms with Crippen LogP contribution in [-0.2, 0) is 5.75 Å². The molecule has 2 N–H and O–H groups in total. The Balaban J connectivity index is 1.78. The van der Waals surface area contributed by atoms with Crippen LogP contribution in [-0.4, -0.2) is 24.7 Å². The number of hydrogen-bond donors (Lipinski definition) is 1. The Morgan fingerprint density at radius 1 is 1.14 bits per heavy atom. The molecule has 0 amide bonds. The minimum Gasteiger partial charge on any atom is -0.368 e. The summed E-state index contributed by atoms with van der Waals surface area (Å²) in [6.07, 6.45) is 3.41. The van der Waals surface area contributed by atoms with Crippen LogP contribution in [0.15, 0.2) is 47.9 Å². The first-order valence-corrected chi connectivity index (χ1v) is 7.46. The zero-order chi connectivity index (χ0) is 14.7. The number of rotatable bonds is 4. The normalized spacial score (nSPS) is 10.7. The Labute approximate surface area is 130 Å². The fraction of sp³-hybridized carbons (Fsp3) is 0.0769. The van der Waals surface area contributed by atoms with Gasteiger partial charge in [-0.15, -0.1) is 0 Å². The molecule has 3 rings (SSSR count). The van der Waals surface area contributed by atoms with E-state index in [4.69, 9.17) is 17.3 Å². The van der Waals surface area contributed by atoms with Crippen molar-refractivity contribution < 1.29 is 0 Å². The maximum Gasteiger partial charge on any atom is 0.256 e. The molecule has 0 aliphatic carbocycles. The van der Waals surface area contributed by atoms with Crippen molar-refractivity contribution in [3.05, 3.63) is 53.3 Å². The summed E-state index contributed by atoms with van der Waals surface area (Å²) in [5.41, 5.74) is 6.85. The average Bonchev–Trinajstić information content (AvgIpc) is 3.00. The molecule has 0 aliphatic rings. The van der Waals surface area contributed by atoms with Gasteiger partial charge in [-0.1, -0.05) is 35.5 Å². The number of nitrogens with two attached hydrogens (primary N) is 1. The lowest BCUT2D eigenvalue weighted by Crippen LogP contribution is -2.07. The number of thioether (sulfide) groups is 1. The molecule has 3 aromatic rings. The van der Waals surface area contributed by atoms with Gasteiger partial charge in [0.15, 0.2) is 5.16 Å². The van der Waals surface area contributed by atoms with Crippen molar-refractivity contribution in [2.45, 2.75) is 10.9 Å². The maximum atomic E-state index is 5.86. The van der Waals surface area contributed by atoms with E-state index in [2.05, 4.69) is 20.1 Å². The summed E-state index contributed by atoms with van der Waals surface area (Å²) in [5.74, 6) is 1.30. The average molecular weight is 319 g/mol. The topological polar surface area (TPSA) is 82.5 Å². The summed E-state index contributed by atoms with van der Waals surface area (Å²) in [7, 11) is 0. The Bertz CT molecular complexity index is 729. The van der Waals surface area contributed by atoms with Crippen molar-refractivity contribution in [3.8, 4) is 5.95 Å². The first-order chi connectivity index (χ1) is 10.2. The summed E-state index contributed by atoms with van der Waals surface area (Å²) in [4.78, 5) is 12.5. The monoisotopic (exact) mass is 318 g/mol. The van der Waals surface area contributed by atoms with Crippen LogP contribution in [0.3, 0.4) is 0 Å². The van der Waals surface area contributed by atoms with Gasteiger partial charge in [-0.25, -0.2) is 4.68 Å². The SMILES string of the molecule is Nc1nc(SCc2ccc(Cl)cc2)nc(-n2cccn2)n1. The van der Waals surface area contributed by atoms with Gasteiger partial charge in [-0.3, -0.25) is 0 Å². The van der Waals surface area contributed by atoms with Crippen LogP contribution in [0.1, 0.15) is 5.56 Å². The van der Waals surface area contributed by atoms with Crippen molar-refractivity contribution in [2.75, 3.05) is 5.73 Å². The van der Waals surface area contributed by atoms with E-state index in [1.807, 2.05) is 24.3 Å². The molecule has 0 fully saturated rings. The highest BCUT2D eigenvalue weighted by Crippen LogP contribution is 2.21. The molecule has 0 atom stereocenters. The Kier molecular flexibility index (Phi) is 4.03. The number of nitrogens with zero attached hydrogens (tertiary/aromatic N) is 5. The first-order valence-electron chi connectivity index (χ1n) is 6.09. The zero-order valence-electron chi connectivity index (χ0n) is 10.8. The molecule has 0 unspecified atom stereocenters. The summed E-state index contributed by atoms with van der Waals surface area (Å²) in [5, 5.41) is 5.36. The molecule has 8 heteroatoms. The van der Waals surface area contributed by atoms with E-state index in [0.29, 0.717) is 16.1 Å². The number of anilines is 1. The maximum absolute atomic E-state index is 5.86. The molecule has 0 aliphatic heterocycles. The van der Waals surface area contributed by atoms with Crippen molar-refractivity contribution >= 4 is 29.3 Å². The second kappa shape index (κ2) is 6.11. The summed E-state index contributed by atoms with van der Waals surface area (Å²) in [6.45, 7) is 0. The smallest absolute Gasteiger partial charge is 0.256 e. The van der Waals surface area contributed by atoms with Gasteiger partial charge in [0.1, 0.15) is 0 Å². The summed E-state index contributed by atoms with van der Waals surface area (Å²) < 4.78 is 1.55. The van der Waals surface area contributed by atoms with Crippen molar-refractivity contribution in [2.24, 2.45) is 0 Å². The zero-order valence-corrected chi connectivity index (χ0v) is 12.4. The highest BCUT2D eigenvalue weighted by atomic mass is 35.5. The van der Waals surface area contributed by atoms with Crippen LogP contribution in [0.25, 0.3) is 5.95 Å². The fourth-order valence-electron chi connectivity index (χ4n) is 1.64. The second-order valence-electron chi connectivity index (χ2n) is 4.14. The van der Waals surface area contributed by atoms with Crippen LogP contribution >= 0.6 is 23.4 Å². The van der Waals surface area contributed by atoms with Crippen molar-refractivity contribution in [1.82, 2.24) is 24.7 Å². The van der Waals surface area contributed by atoms with Gasteiger partial charge >= 0.3 is 0 Å². The highest BCUT2D eigenvalue weighted by molar-refractivity contribution is 7.98. The molecule has 0 saturated carbocycles. The first kappa shape index (κ1) is 13.8. The lowest BCUT2D eigenvalue weighted by Gasteiger charge is -2.04. The third-order valence-electron chi connectivity index (χ3n) is 2.61. The van der Waals surface area contributed by atoms with E-state index < -0.39 is 0 Å². The number of aromatic nitrogens is 5. The Morgan fingerprint density at radius 3 is 2.67 bits per heavy atom. The van der Waals surface area contributed by atoms with Crippen molar-refractivity contribution in [1.29, 1.82) is 0 Å². The van der Waals surface area contributed by atoms with Gasteiger partial charge in [0, 0.05) is 23.2 Å². The van der Waals surface area contributed by atoms with Gasteiger partial charge in [-0.05, 0) is 23.8 Å². The molecule has 21 heavy (non-hydrogen) atoms. The van der Waals surface area contributed by atoms with Gasteiger partial charge in [0.2, 0.25) is 5.95 Å². The predicted octanol–water partition coefficient (Wildman–Crippen LogP) is 2.59. The second-order valence-corrected chi connectivity index (χ2v) is 5.52. The molecule has 0 radical (unpaired) electrons. The molecule has 2 aromatic heterocycles. The van der Waals surface area contributed by atoms with Gasteiger partial charge in [-0.2, -0.15) is 20.1 Å². The van der Waals surface area contributed by atoms with Gasteiger partial charge in [0.05, 0.1) is 0 Å². The predicted molar refractivity (Wildman–Crippen MR) is 82.4 cm³/mol. The van der Waals surface area contributed by atoms with Crippen LogP contribution in [0.5, 0.6) is 0 Å². The summed E-state index contributed by atoms with van der Waals surface area (Å²) in [6, 6.07) is 9.44. The molecule has 6 nitrogen and oxygen atoms in total. The van der Waals surface area contributed by atoms with E-state index in [-0.39, 0.29) is 5.95 Å². The lowest BCUT2D eigenvalue weighted by molar-refractivity contribution is 0.764. The van der Waals surface area contributed by atoms with Crippen LogP contribution in [0.2, 0.25) is 5.02 Å². The number of halogens is 1. The van der Waals surface area contributed by atoms with E-state index in [9.17, 15) is 0 Å². The van der Waals surface area contributed by atoms with E-state index in [1.54, 1.807) is 23.1 Å². The molecular formula is C13H11ClN6S. The highest BCUT2D eigenvalue weighted by Gasteiger charge is 2.07. The molecular weight excluding hydrogens is 308 g/mol. The third kappa shape index (κ3) is 3.50. The summed E-state index contributed by atoms with van der Waals surface area (Å²) >= 11 is 7.34. The lowest BCUT2D eigenvalue weighted by atomic mass is 10.2. The Hall–Kier alpha value is -2.12. The van der Waals surface area contributed by atoms with Crippen LogP contribution < -0.4 is 5.73 Å². The van der Waals surface area contributed by atoms with E-state index in [0.717, 1.165) is 11.3 Å². The number of benzene rings is 1. The minimum absolute atomic E-state index is 0.175. The number of hydrogen-bond acceptors (Lipinski definition) is 6. The largest absolute Gasteiger partial charge is 0.368 e.